The zero-order valence-electron chi connectivity index (χ0n) is 18.7. The molecule has 9 heteroatoms. The fraction of sp³-hybridized carbons (Fsp3) is 0.200. The van der Waals surface area contributed by atoms with E-state index in [0.29, 0.717) is 23.4 Å². The molecule has 0 aliphatic carbocycles. The molecule has 7 nitrogen and oxygen atoms in total. The zero-order valence-corrected chi connectivity index (χ0v) is 19.5. The van der Waals surface area contributed by atoms with Gasteiger partial charge in [0.1, 0.15) is 11.6 Å². The SMILES string of the molecule is COc1ccccc1N(C)S(=O)(=O)c1ccc(C(=O)OCCCC(=O)c2ccc(F)cc2)cc1. The van der Waals surface area contributed by atoms with Crippen molar-refractivity contribution in [1.29, 1.82) is 0 Å². The average Bonchev–Trinajstić information content (AvgIpc) is 2.86. The van der Waals surface area contributed by atoms with Crippen molar-refractivity contribution in [2.24, 2.45) is 0 Å². The maximum Gasteiger partial charge on any atom is 0.338 e. The van der Waals surface area contributed by atoms with Crippen molar-refractivity contribution in [3.63, 3.8) is 0 Å². The molecule has 0 fully saturated rings. The molecule has 0 spiro atoms. The summed E-state index contributed by atoms with van der Waals surface area (Å²) in [4.78, 5) is 24.3. The first-order valence-electron chi connectivity index (χ1n) is 10.4. The third-order valence-electron chi connectivity index (χ3n) is 5.12. The van der Waals surface area contributed by atoms with E-state index in [2.05, 4.69) is 0 Å². The average molecular weight is 486 g/mol. The second kappa shape index (κ2) is 10.9. The molecular weight excluding hydrogens is 461 g/mol. The standard InChI is InChI=1S/C25H24FNO6S/c1-27(22-6-3-4-8-24(22)32-2)34(30,31)21-15-11-19(12-16-21)25(29)33-17-5-7-23(28)18-9-13-20(26)14-10-18/h3-4,6,8-16H,5,7,17H2,1-2H3. The van der Waals surface area contributed by atoms with Gasteiger partial charge in [0.25, 0.3) is 10.0 Å². The maximum atomic E-state index is 13.0. The Kier molecular flexibility index (Phi) is 8.01. The molecule has 0 heterocycles. The predicted molar refractivity (Wildman–Crippen MR) is 125 cm³/mol. The van der Waals surface area contributed by atoms with Gasteiger partial charge in [-0.05, 0) is 67.1 Å². The fourth-order valence-electron chi connectivity index (χ4n) is 3.20. The molecule has 0 amide bonds. The number of Topliss-reactive ketones (excluding diaryl/α,β-unsaturated/α-hetero) is 1. The molecule has 0 aromatic heterocycles. The number of para-hydroxylation sites is 2. The minimum atomic E-state index is -3.89. The Morgan fingerprint density at radius 2 is 1.53 bits per heavy atom. The Morgan fingerprint density at radius 3 is 2.18 bits per heavy atom. The molecule has 3 aromatic rings. The highest BCUT2D eigenvalue weighted by molar-refractivity contribution is 7.92. The Hall–Kier alpha value is -3.72. The van der Waals surface area contributed by atoms with Crippen molar-refractivity contribution in [2.45, 2.75) is 17.7 Å². The predicted octanol–water partition coefficient (Wildman–Crippen LogP) is 4.48. The van der Waals surface area contributed by atoms with Crippen molar-refractivity contribution >= 4 is 27.5 Å². The van der Waals surface area contributed by atoms with Gasteiger partial charge >= 0.3 is 5.97 Å². The lowest BCUT2D eigenvalue weighted by Crippen LogP contribution is -2.27. The van der Waals surface area contributed by atoms with E-state index in [1.807, 2.05) is 0 Å². The Labute approximate surface area is 197 Å². The first-order valence-corrected chi connectivity index (χ1v) is 11.9. The van der Waals surface area contributed by atoms with Crippen LogP contribution >= 0.6 is 0 Å². The summed E-state index contributed by atoms with van der Waals surface area (Å²) in [6, 6.07) is 17.4. The van der Waals surface area contributed by atoms with Crippen LogP contribution in [0, 0.1) is 5.82 Å². The zero-order chi connectivity index (χ0) is 24.7. The number of anilines is 1. The van der Waals surface area contributed by atoms with Crippen LogP contribution in [0.2, 0.25) is 0 Å². The number of nitrogens with zero attached hydrogens (tertiary/aromatic N) is 1. The van der Waals surface area contributed by atoms with Crippen molar-refractivity contribution in [2.75, 3.05) is 25.1 Å². The summed E-state index contributed by atoms with van der Waals surface area (Å²) in [5.74, 6) is -0.816. The van der Waals surface area contributed by atoms with Crippen LogP contribution in [0.25, 0.3) is 0 Å². The molecule has 0 aliphatic rings. The molecule has 0 atom stereocenters. The largest absolute Gasteiger partial charge is 0.495 e. The number of ether oxygens (including phenoxy) is 2. The van der Waals surface area contributed by atoms with E-state index in [-0.39, 0.29) is 29.3 Å². The summed E-state index contributed by atoms with van der Waals surface area (Å²) in [6.45, 7) is 0.0162. The number of methoxy groups -OCH3 is 1. The number of carbonyl (C=O) groups excluding carboxylic acids is 2. The molecule has 0 bridgehead atoms. The van der Waals surface area contributed by atoms with Gasteiger partial charge in [-0.1, -0.05) is 12.1 Å². The van der Waals surface area contributed by atoms with Crippen LogP contribution in [0.4, 0.5) is 10.1 Å². The van der Waals surface area contributed by atoms with Gasteiger partial charge in [0.2, 0.25) is 0 Å². The molecular formula is C25H24FNO6S. The third kappa shape index (κ3) is 5.79. The summed E-state index contributed by atoms with van der Waals surface area (Å²) in [5.41, 5.74) is 0.954. The Bertz CT molecular complexity index is 1260. The minimum absolute atomic E-state index is 0.00218. The lowest BCUT2D eigenvalue weighted by Gasteiger charge is -2.21. The van der Waals surface area contributed by atoms with E-state index in [0.717, 1.165) is 4.31 Å². The molecule has 178 valence electrons. The molecule has 3 rings (SSSR count). The quantitative estimate of drug-likeness (QED) is 0.239. The van der Waals surface area contributed by atoms with Crippen LogP contribution in [0.3, 0.4) is 0 Å². The van der Waals surface area contributed by atoms with E-state index in [1.54, 1.807) is 24.3 Å². The van der Waals surface area contributed by atoms with Crippen molar-refractivity contribution < 1.29 is 31.9 Å². The van der Waals surface area contributed by atoms with Gasteiger partial charge in [0, 0.05) is 19.0 Å². The van der Waals surface area contributed by atoms with Gasteiger partial charge in [-0.2, -0.15) is 0 Å². The highest BCUT2D eigenvalue weighted by Gasteiger charge is 2.24. The Balaban J connectivity index is 1.57. The highest BCUT2D eigenvalue weighted by atomic mass is 32.2. The number of sulfonamides is 1. The summed E-state index contributed by atoms with van der Waals surface area (Å²) in [6.07, 6.45) is 0.448. The minimum Gasteiger partial charge on any atom is -0.495 e. The fourth-order valence-corrected chi connectivity index (χ4v) is 4.41. The number of ketones is 1. The summed E-state index contributed by atoms with van der Waals surface area (Å²) < 4.78 is 50.4. The normalized spacial score (nSPS) is 11.0. The first-order chi connectivity index (χ1) is 16.2. The highest BCUT2D eigenvalue weighted by Crippen LogP contribution is 2.30. The van der Waals surface area contributed by atoms with Crippen molar-refractivity contribution in [3.8, 4) is 5.75 Å². The molecule has 0 saturated carbocycles. The van der Waals surface area contributed by atoms with Gasteiger partial charge in [0.05, 0.1) is 29.9 Å². The molecule has 0 radical (unpaired) electrons. The lowest BCUT2D eigenvalue weighted by atomic mass is 10.1. The molecule has 3 aromatic carbocycles. The van der Waals surface area contributed by atoms with Gasteiger partial charge < -0.3 is 9.47 Å². The second-order valence-corrected chi connectivity index (χ2v) is 9.31. The van der Waals surface area contributed by atoms with Crippen LogP contribution in [0.5, 0.6) is 5.75 Å². The van der Waals surface area contributed by atoms with E-state index in [4.69, 9.17) is 9.47 Å². The molecule has 0 saturated heterocycles. The smallest absolute Gasteiger partial charge is 0.338 e. The summed E-state index contributed by atoms with van der Waals surface area (Å²) >= 11 is 0. The summed E-state index contributed by atoms with van der Waals surface area (Å²) in [5, 5.41) is 0. The molecule has 34 heavy (non-hydrogen) atoms. The lowest BCUT2D eigenvalue weighted by molar-refractivity contribution is 0.0494. The third-order valence-corrected chi connectivity index (χ3v) is 6.91. The second-order valence-electron chi connectivity index (χ2n) is 7.34. The molecule has 0 aliphatic heterocycles. The number of carbonyl (C=O) groups is 2. The Morgan fingerprint density at radius 1 is 0.912 bits per heavy atom. The first kappa shape index (κ1) is 24.9. The number of hydrogen-bond acceptors (Lipinski definition) is 6. The number of esters is 1. The van der Waals surface area contributed by atoms with Crippen LogP contribution in [0.15, 0.2) is 77.7 Å². The monoisotopic (exact) mass is 485 g/mol. The van der Waals surface area contributed by atoms with Crippen LogP contribution in [0.1, 0.15) is 33.6 Å². The van der Waals surface area contributed by atoms with E-state index in [9.17, 15) is 22.4 Å². The summed E-state index contributed by atoms with van der Waals surface area (Å²) in [7, 11) is -1.01. The molecule has 0 unspecified atom stereocenters. The number of hydrogen-bond donors (Lipinski definition) is 0. The van der Waals surface area contributed by atoms with E-state index < -0.39 is 21.8 Å². The van der Waals surface area contributed by atoms with Gasteiger partial charge in [-0.25, -0.2) is 17.6 Å². The topological polar surface area (TPSA) is 90.0 Å². The van der Waals surface area contributed by atoms with Crippen LogP contribution < -0.4 is 9.04 Å². The maximum absolute atomic E-state index is 13.0. The number of benzene rings is 3. The van der Waals surface area contributed by atoms with Crippen molar-refractivity contribution in [3.05, 3.63) is 89.7 Å². The van der Waals surface area contributed by atoms with Crippen LogP contribution in [-0.2, 0) is 14.8 Å². The molecule has 0 N–H and O–H groups in total. The van der Waals surface area contributed by atoms with E-state index >= 15 is 0 Å². The van der Waals surface area contributed by atoms with Crippen LogP contribution in [-0.4, -0.2) is 40.9 Å². The number of halogens is 1. The van der Waals surface area contributed by atoms with Gasteiger partial charge in [-0.15, -0.1) is 0 Å². The van der Waals surface area contributed by atoms with Gasteiger partial charge in [-0.3, -0.25) is 9.10 Å². The number of rotatable bonds is 10. The van der Waals surface area contributed by atoms with Crippen molar-refractivity contribution in [1.82, 2.24) is 0 Å². The van der Waals surface area contributed by atoms with Gasteiger partial charge in [0.15, 0.2) is 5.78 Å². The van der Waals surface area contributed by atoms with E-state index in [1.165, 1.54) is 62.7 Å².